The molecule has 0 amide bonds. The highest BCUT2D eigenvalue weighted by molar-refractivity contribution is 5.94. The lowest BCUT2D eigenvalue weighted by Crippen LogP contribution is -2.48. The van der Waals surface area contributed by atoms with E-state index in [0.717, 1.165) is 0 Å². The fourth-order valence-electron chi connectivity index (χ4n) is 3.53. The van der Waals surface area contributed by atoms with E-state index in [-0.39, 0.29) is 0 Å². The Hall–Kier alpha value is -1.70. The van der Waals surface area contributed by atoms with Gasteiger partial charge in [0.1, 0.15) is 6.17 Å². The summed E-state index contributed by atoms with van der Waals surface area (Å²) in [6.45, 7) is 9.19. The van der Waals surface area contributed by atoms with Gasteiger partial charge in [-0.15, -0.1) is 0 Å². The minimum absolute atomic E-state index is 0.446. The van der Waals surface area contributed by atoms with Crippen LogP contribution in [0, 0.1) is 5.92 Å². The summed E-state index contributed by atoms with van der Waals surface area (Å²) in [7, 11) is 2.22. The van der Waals surface area contributed by atoms with E-state index in [9.17, 15) is 0 Å². The molecule has 1 unspecified atom stereocenters. The Kier molecular flexibility index (Phi) is 3.12. The minimum atomic E-state index is 0.446. The highest BCUT2D eigenvalue weighted by Gasteiger charge is 2.36. The van der Waals surface area contributed by atoms with Gasteiger partial charge < -0.3 is 9.80 Å². The van der Waals surface area contributed by atoms with E-state index in [4.69, 9.17) is 0 Å². The standard InChI is InChI=1S/C18H24N2/c1-12(2)18-19(5)16-10-14-8-6-7-9-15(14)11-17(16)20(18)13(3)4/h6-13,18H,1-5H3. The van der Waals surface area contributed by atoms with Gasteiger partial charge in [0.25, 0.3) is 0 Å². The van der Waals surface area contributed by atoms with Crippen LogP contribution in [0.5, 0.6) is 0 Å². The molecule has 0 bridgehead atoms. The molecule has 2 heteroatoms. The summed E-state index contributed by atoms with van der Waals surface area (Å²) < 4.78 is 0. The Balaban J connectivity index is 2.21. The second-order valence-corrected chi connectivity index (χ2v) is 6.46. The maximum Gasteiger partial charge on any atom is 0.104 e. The lowest BCUT2D eigenvalue weighted by Gasteiger charge is -2.36. The van der Waals surface area contributed by atoms with Crippen LogP contribution >= 0.6 is 0 Å². The van der Waals surface area contributed by atoms with Gasteiger partial charge in [0, 0.05) is 13.1 Å². The Labute approximate surface area is 122 Å². The number of benzene rings is 2. The monoisotopic (exact) mass is 268 g/mol. The molecule has 0 fully saturated rings. The van der Waals surface area contributed by atoms with Gasteiger partial charge in [-0.2, -0.15) is 0 Å². The number of fused-ring (bicyclic) bond motifs is 2. The summed E-state index contributed by atoms with van der Waals surface area (Å²) in [5, 5.41) is 2.65. The summed E-state index contributed by atoms with van der Waals surface area (Å²) in [6, 6.07) is 13.8. The Morgan fingerprint density at radius 1 is 0.900 bits per heavy atom. The van der Waals surface area contributed by atoms with E-state index in [2.05, 4.69) is 80.9 Å². The average molecular weight is 268 g/mol. The molecule has 0 spiro atoms. The molecular formula is C18H24N2. The van der Waals surface area contributed by atoms with Crippen LogP contribution in [-0.4, -0.2) is 19.3 Å². The van der Waals surface area contributed by atoms with Crippen LogP contribution in [0.15, 0.2) is 36.4 Å². The molecule has 0 saturated carbocycles. The summed E-state index contributed by atoms with van der Waals surface area (Å²) in [4.78, 5) is 5.00. The Morgan fingerprint density at radius 3 is 1.95 bits per heavy atom. The molecule has 20 heavy (non-hydrogen) atoms. The first-order valence-electron chi connectivity index (χ1n) is 7.54. The zero-order valence-electron chi connectivity index (χ0n) is 13.1. The smallest absolute Gasteiger partial charge is 0.104 e. The van der Waals surface area contributed by atoms with Crippen molar-refractivity contribution in [2.24, 2.45) is 5.92 Å². The molecule has 3 rings (SSSR count). The third kappa shape index (κ3) is 1.86. The number of anilines is 2. The van der Waals surface area contributed by atoms with Gasteiger partial charge in [-0.25, -0.2) is 0 Å². The molecule has 1 heterocycles. The molecule has 2 aromatic rings. The van der Waals surface area contributed by atoms with Gasteiger partial charge in [-0.05, 0) is 42.7 Å². The van der Waals surface area contributed by atoms with Crippen molar-refractivity contribution in [3.8, 4) is 0 Å². The largest absolute Gasteiger partial charge is 0.352 e. The fraction of sp³-hybridized carbons (Fsp3) is 0.444. The molecule has 1 aliphatic rings. The predicted octanol–water partition coefficient (Wildman–Crippen LogP) is 4.49. The van der Waals surface area contributed by atoms with Gasteiger partial charge in [0.15, 0.2) is 0 Å². The van der Waals surface area contributed by atoms with Crippen LogP contribution in [0.2, 0.25) is 0 Å². The Bertz CT molecular complexity index is 630. The molecule has 0 saturated heterocycles. The molecule has 2 aromatic carbocycles. The zero-order valence-corrected chi connectivity index (χ0v) is 13.1. The van der Waals surface area contributed by atoms with Crippen molar-refractivity contribution in [2.75, 3.05) is 16.8 Å². The molecule has 1 aliphatic heterocycles. The van der Waals surface area contributed by atoms with Crippen LogP contribution < -0.4 is 9.80 Å². The quantitative estimate of drug-likeness (QED) is 0.792. The van der Waals surface area contributed by atoms with Crippen molar-refractivity contribution in [3.05, 3.63) is 36.4 Å². The minimum Gasteiger partial charge on any atom is -0.352 e. The highest BCUT2D eigenvalue weighted by atomic mass is 15.4. The van der Waals surface area contributed by atoms with Crippen molar-refractivity contribution in [1.82, 2.24) is 0 Å². The summed E-state index contributed by atoms with van der Waals surface area (Å²) in [6.07, 6.45) is 0.446. The maximum atomic E-state index is 2.56. The van der Waals surface area contributed by atoms with Crippen LogP contribution in [0.4, 0.5) is 11.4 Å². The van der Waals surface area contributed by atoms with Gasteiger partial charge in [-0.1, -0.05) is 38.1 Å². The van der Waals surface area contributed by atoms with E-state index in [1.54, 1.807) is 0 Å². The van der Waals surface area contributed by atoms with Crippen LogP contribution in [0.25, 0.3) is 10.8 Å². The second-order valence-electron chi connectivity index (χ2n) is 6.46. The Morgan fingerprint density at radius 2 is 1.45 bits per heavy atom. The third-order valence-corrected chi connectivity index (χ3v) is 4.34. The summed E-state index contributed by atoms with van der Waals surface area (Å²) in [5.74, 6) is 0.595. The van der Waals surface area contributed by atoms with Crippen molar-refractivity contribution in [1.29, 1.82) is 0 Å². The van der Waals surface area contributed by atoms with Gasteiger partial charge >= 0.3 is 0 Å². The zero-order chi connectivity index (χ0) is 14.4. The van der Waals surface area contributed by atoms with E-state index in [1.807, 2.05) is 0 Å². The molecule has 1 atom stereocenters. The first-order chi connectivity index (χ1) is 9.50. The normalized spacial score (nSPS) is 18.4. The first-order valence-corrected chi connectivity index (χ1v) is 7.54. The van der Waals surface area contributed by atoms with Crippen LogP contribution in [0.3, 0.4) is 0 Å². The number of hydrogen-bond acceptors (Lipinski definition) is 2. The number of hydrogen-bond donors (Lipinski definition) is 0. The fourth-order valence-corrected chi connectivity index (χ4v) is 3.53. The predicted molar refractivity (Wildman–Crippen MR) is 88.6 cm³/mol. The van der Waals surface area contributed by atoms with E-state index in [1.165, 1.54) is 22.1 Å². The van der Waals surface area contributed by atoms with Crippen molar-refractivity contribution in [3.63, 3.8) is 0 Å². The van der Waals surface area contributed by atoms with Crippen LogP contribution in [0.1, 0.15) is 27.7 Å². The van der Waals surface area contributed by atoms with Crippen molar-refractivity contribution < 1.29 is 0 Å². The third-order valence-electron chi connectivity index (χ3n) is 4.34. The molecule has 106 valence electrons. The average Bonchev–Trinajstić information content (AvgIpc) is 2.69. The maximum absolute atomic E-state index is 2.56. The molecule has 0 aliphatic carbocycles. The molecule has 0 N–H and O–H groups in total. The number of rotatable bonds is 2. The first kappa shape index (κ1) is 13.3. The lowest BCUT2D eigenvalue weighted by molar-refractivity contribution is 0.442. The second kappa shape index (κ2) is 4.69. The molecule has 0 radical (unpaired) electrons. The van der Waals surface area contributed by atoms with Crippen molar-refractivity contribution >= 4 is 22.1 Å². The highest BCUT2D eigenvalue weighted by Crippen LogP contribution is 2.44. The topological polar surface area (TPSA) is 6.48 Å². The van der Waals surface area contributed by atoms with Gasteiger partial charge in [0.2, 0.25) is 0 Å². The molecule has 2 nitrogen and oxygen atoms in total. The lowest BCUT2D eigenvalue weighted by atomic mass is 10.1. The number of nitrogens with zero attached hydrogens (tertiary/aromatic N) is 2. The molecule has 0 aromatic heterocycles. The molecular weight excluding hydrogens is 244 g/mol. The summed E-state index contributed by atoms with van der Waals surface area (Å²) >= 11 is 0. The van der Waals surface area contributed by atoms with Gasteiger partial charge in [-0.3, -0.25) is 0 Å². The van der Waals surface area contributed by atoms with Gasteiger partial charge in [0.05, 0.1) is 11.4 Å². The van der Waals surface area contributed by atoms with Crippen molar-refractivity contribution in [2.45, 2.75) is 39.9 Å². The van der Waals surface area contributed by atoms with E-state index >= 15 is 0 Å². The summed E-state index contributed by atoms with van der Waals surface area (Å²) in [5.41, 5.74) is 2.73. The van der Waals surface area contributed by atoms with E-state index < -0.39 is 0 Å². The SMILES string of the molecule is CC(C)C1N(C)c2cc3ccccc3cc2N1C(C)C. The van der Waals surface area contributed by atoms with Crippen LogP contribution in [-0.2, 0) is 0 Å². The van der Waals surface area contributed by atoms with E-state index in [0.29, 0.717) is 18.1 Å².